The standard InChI is InChI=1S/C25H21FN2O2S/c1-18-8-10-19(11-9-18)25-24-7-4-16-27(24)23-6-3-2-5-20(23)17-28(25)31(29,30)22-14-12-21(26)13-15-22/h2-16,25H,17H2,1H3/t25-/m1/s1. The van der Waals surface area contributed by atoms with Gasteiger partial charge in [0, 0.05) is 24.1 Å². The van der Waals surface area contributed by atoms with Gasteiger partial charge in [-0.3, -0.25) is 0 Å². The summed E-state index contributed by atoms with van der Waals surface area (Å²) in [6.45, 7) is 2.21. The number of sulfonamides is 1. The average molecular weight is 433 g/mol. The van der Waals surface area contributed by atoms with Crippen molar-refractivity contribution in [3.63, 3.8) is 0 Å². The van der Waals surface area contributed by atoms with Crippen LogP contribution in [-0.2, 0) is 16.6 Å². The van der Waals surface area contributed by atoms with Gasteiger partial charge in [-0.1, -0.05) is 48.0 Å². The van der Waals surface area contributed by atoms with Crippen LogP contribution in [0.5, 0.6) is 0 Å². The summed E-state index contributed by atoms with van der Waals surface area (Å²) < 4.78 is 44.7. The van der Waals surface area contributed by atoms with Crippen LogP contribution in [0.25, 0.3) is 5.69 Å². The maximum Gasteiger partial charge on any atom is 0.244 e. The molecule has 0 spiro atoms. The first kappa shape index (κ1) is 19.7. The fourth-order valence-corrected chi connectivity index (χ4v) is 5.74. The molecule has 5 rings (SSSR count). The number of nitrogens with zero attached hydrogens (tertiary/aromatic N) is 2. The third-order valence-corrected chi connectivity index (χ3v) is 7.56. The second-order valence-electron chi connectivity index (χ2n) is 7.75. The van der Waals surface area contributed by atoms with Crippen LogP contribution < -0.4 is 0 Å². The van der Waals surface area contributed by atoms with E-state index in [0.717, 1.165) is 28.1 Å². The number of hydrogen-bond acceptors (Lipinski definition) is 2. The number of benzene rings is 3. The summed E-state index contributed by atoms with van der Waals surface area (Å²) in [7, 11) is -3.92. The summed E-state index contributed by atoms with van der Waals surface area (Å²) in [4.78, 5) is 0.0727. The lowest BCUT2D eigenvalue weighted by molar-refractivity contribution is 0.353. The lowest BCUT2D eigenvalue weighted by Crippen LogP contribution is -2.34. The zero-order valence-electron chi connectivity index (χ0n) is 16.9. The number of para-hydroxylation sites is 1. The highest BCUT2D eigenvalue weighted by Crippen LogP contribution is 2.39. The normalized spacial score (nSPS) is 16.4. The molecular weight excluding hydrogens is 411 g/mol. The van der Waals surface area contributed by atoms with Gasteiger partial charge in [0.15, 0.2) is 0 Å². The Balaban J connectivity index is 1.76. The van der Waals surface area contributed by atoms with Crippen LogP contribution in [0.15, 0.2) is 96.0 Å². The second-order valence-corrected chi connectivity index (χ2v) is 9.64. The molecule has 6 heteroatoms. The quantitative estimate of drug-likeness (QED) is 0.446. The Morgan fingerprint density at radius 1 is 0.871 bits per heavy atom. The van der Waals surface area contributed by atoms with E-state index in [1.54, 1.807) is 0 Å². The molecule has 31 heavy (non-hydrogen) atoms. The summed E-state index contributed by atoms with van der Waals surface area (Å²) >= 11 is 0. The smallest absolute Gasteiger partial charge is 0.244 e. The second kappa shape index (κ2) is 7.48. The predicted molar refractivity (Wildman–Crippen MR) is 118 cm³/mol. The van der Waals surface area contributed by atoms with Crippen LogP contribution in [0.4, 0.5) is 4.39 Å². The van der Waals surface area contributed by atoms with Crippen molar-refractivity contribution in [1.29, 1.82) is 0 Å². The topological polar surface area (TPSA) is 42.3 Å². The molecule has 3 aromatic carbocycles. The molecule has 0 unspecified atom stereocenters. The summed E-state index contributed by atoms with van der Waals surface area (Å²) in [6.07, 6.45) is 1.96. The number of rotatable bonds is 3. The van der Waals surface area contributed by atoms with Crippen LogP contribution in [-0.4, -0.2) is 17.3 Å². The number of aromatic nitrogens is 1. The predicted octanol–water partition coefficient (Wildman–Crippen LogP) is 5.22. The molecule has 0 saturated carbocycles. The van der Waals surface area contributed by atoms with E-state index in [4.69, 9.17) is 0 Å². The van der Waals surface area contributed by atoms with Crippen molar-refractivity contribution in [3.05, 3.63) is 119 Å². The van der Waals surface area contributed by atoms with Gasteiger partial charge in [0.05, 0.1) is 10.9 Å². The van der Waals surface area contributed by atoms with Gasteiger partial charge < -0.3 is 4.57 Å². The fraction of sp³-hybridized carbons (Fsp3) is 0.120. The maximum absolute atomic E-state index is 13.8. The van der Waals surface area contributed by atoms with Gasteiger partial charge in [0.2, 0.25) is 10.0 Å². The van der Waals surface area contributed by atoms with Gasteiger partial charge >= 0.3 is 0 Å². The van der Waals surface area contributed by atoms with E-state index in [0.29, 0.717) is 0 Å². The van der Waals surface area contributed by atoms with Crippen molar-refractivity contribution >= 4 is 10.0 Å². The molecule has 1 atom stereocenters. The average Bonchev–Trinajstić information content (AvgIpc) is 3.19. The van der Waals surface area contributed by atoms with Gasteiger partial charge in [0.25, 0.3) is 0 Å². The molecule has 0 radical (unpaired) electrons. The maximum atomic E-state index is 13.8. The molecule has 1 aliphatic heterocycles. The monoisotopic (exact) mass is 432 g/mol. The van der Waals surface area contributed by atoms with Crippen LogP contribution in [0, 0.1) is 12.7 Å². The van der Waals surface area contributed by atoms with Gasteiger partial charge in [-0.2, -0.15) is 4.31 Å². The summed E-state index contributed by atoms with van der Waals surface area (Å²) in [6, 6.07) is 24.1. The van der Waals surface area contributed by atoms with Crippen molar-refractivity contribution in [3.8, 4) is 5.69 Å². The van der Waals surface area contributed by atoms with Crippen LogP contribution in [0.1, 0.15) is 28.4 Å². The summed E-state index contributed by atoms with van der Waals surface area (Å²) in [5, 5.41) is 0. The number of halogens is 1. The zero-order valence-corrected chi connectivity index (χ0v) is 17.8. The molecule has 1 aromatic heterocycles. The van der Waals surface area contributed by atoms with E-state index >= 15 is 0 Å². The fourth-order valence-electron chi connectivity index (χ4n) is 4.17. The minimum atomic E-state index is -3.92. The Morgan fingerprint density at radius 2 is 1.58 bits per heavy atom. The van der Waals surface area contributed by atoms with Crippen molar-refractivity contribution in [1.82, 2.24) is 8.87 Å². The molecule has 0 bridgehead atoms. The molecule has 2 heterocycles. The highest BCUT2D eigenvalue weighted by molar-refractivity contribution is 7.89. The summed E-state index contributed by atoms with van der Waals surface area (Å²) in [5.74, 6) is -0.468. The van der Waals surface area contributed by atoms with E-state index in [1.807, 2.05) is 73.8 Å². The Labute approximate surface area is 181 Å². The SMILES string of the molecule is Cc1ccc([C@@H]2c3cccn3-c3ccccc3CN2S(=O)(=O)c2ccc(F)cc2)cc1. The van der Waals surface area contributed by atoms with Gasteiger partial charge in [-0.05, 0) is 60.5 Å². The van der Waals surface area contributed by atoms with E-state index in [-0.39, 0.29) is 11.4 Å². The van der Waals surface area contributed by atoms with Crippen LogP contribution >= 0.6 is 0 Å². The minimum Gasteiger partial charge on any atom is -0.319 e. The van der Waals surface area contributed by atoms with Gasteiger partial charge in [-0.15, -0.1) is 0 Å². The lowest BCUT2D eigenvalue weighted by Gasteiger charge is -2.30. The molecule has 0 aliphatic carbocycles. The zero-order chi connectivity index (χ0) is 21.6. The van der Waals surface area contributed by atoms with Crippen molar-refractivity contribution < 1.29 is 12.8 Å². The number of aryl methyl sites for hydroxylation is 1. The Kier molecular flexibility index (Phi) is 4.76. The van der Waals surface area contributed by atoms with Crippen molar-refractivity contribution in [2.45, 2.75) is 24.4 Å². The molecule has 0 saturated heterocycles. The third kappa shape index (κ3) is 3.38. The van der Waals surface area contributed by atoms with Crippen LogP contribution in [0.3, 0.4) is 0 Å². The molecule has 0 amide bonds. The molecular formula is C25H21FN2O2S. The molecule has 0 fully saturated rings. The molecule has 4 nitrogen and oxygen atoms in total. The van der Waals surface area contributed by atoms with E-state index in [2.05, 4.69) is 4.57 Å². The van der Waals surface area contributed by atoms with Crippen molar-refractivity contribution in [2.75, 3.05) is 0 Å². The molecule has 156 valence electrons. The first-order valence-corrected chi connectivity index (χ1v) is 11.5. The highest BCUT2D eigenvalue weighted by Gasteiger charge is 2.37. The first-order valence-electron chi connectivity index (χ1n) is 10.0. The largest absolute Gasteiger partial charge is 0.319 e. The van der Waals surface area contributed by atoms with Gasteiger partial charge in [-0.25, -0.2) is 12.8 Å². The first-order chi connectivity index (χ1) is 14.9. The Bertz CT molecular complexity index is 1340. The number of hydrogen-bond donors (Lipinski definition) is 0. The van der Waals surface area contributed by atoms with Crippen molar-refractivity contribution in [2.24, 2.45) is 0 Å². The summed E-state index contributed by atoms with van der Waals surface area (Å²) in [5.41, 5.74) is 4.70. The minimum absolute atomic E-state index is 0.0727. The Hall–Kier alpha value is -3.22. The Morgan fingerprint density at radius 3 is 2.32 bits per heavy atom. The van der Waals surface area contributed by atoms with E-state index < -0.39 is 21.9 Å². The van der Waals surface area contributed by atoms with E-state index in [9.17, 15) is 12.8 Å². The van der Waals surface area contributed by atoms with E-state index in [1.165, 1.54) is 28.6 Å². The lowest BCUT2D eigenvalue weighted by atomic mass is 10.0. The van der Waals surface area contributed by atoms with Crippen LogP contribution in [0.2, 0.25) is 0 Å². The third-order valence-electron chi connectivity index (χ3n) is 5.74. The van der Waals surface area contributed by atoms with Gasteiger partial charge in [0.1, 0.15) is 5.82 Å². The number of fused-ring (bicyclic) bond motifs is 3. The molecule has 1 aliphatic rings. The molecule has 4 aromatic rings. The molecule has 0 N–H and O–H groups in total. The highest BCUT2D eigenvalue weighted by atomic mass is 32.2.